The number of hydrogen-bond acceptors (Lipinski definition) is 5. The molecule has 4 rings (SSSR count). The van der Waals surface area contributed by atoms with Crippen molar-refractivity contribution in [2.45, 2.75) is 19.9 Å². The highest BCUT2D eigenvalue weighted by atomic mass is 16.5. The summed E-state index contributed by atoms with van der Waals surface area (Å²) in [6.07, 6.45) is 0.667. The predicted molar refractivity (Wildman–Crippen MR) is 113 cm³/mol. The Bertz CT molecular complexity index is 1160. The van der Waals surface area contributed by atoms with Crippen LogP contribution in [0.25, 0.3) is 5.69 Å². The Hall–Kier alpha value is -3.61. The van der Waals surface area contributed by atoms with Crippen LogP contribution in [-0.2, 0) is 13.0 Å². The van der Waals surface area contributed by atoms with Crippen molar-refractivity contribution in [3.05, 3.63) is 81.3 Å². The summed E-state index contributed by atoms with van der Waals surface area (Å²) in [5.41, 5.74) is 3.10. The van der Waals surface area contributed by atoms with Crippen LogP contribution in [0.1, 0.15) is 27.3 Å². The van der Waals surface area contributed by atoms with Gasteiger partial charge >= 0.3 is 0 Å². The van der Waals surface area contributed by atoms with Gasteiger partial charge in [-0.1, -0.05) is 18.2 Å². The van der Waals surface area contributed by atoms with Crippen molar-refractivity contribution in [3.63, 3.8) is 0 Å². The van der Waals surface area contributed by atoms with Gasteiger partial charge in [0.1, 0.15) is 0 Å². The van der Waals surface area contributed by atoms with Crippen LogP contribution in [-0.4, -0.2) is 41.4 Å². The zero-order valence-electron chi connectivity index (χ0n) is 17.2. The van der Waals surface area contributed by atoms with Crippen LogP contribution in [0.3, 0.4) is 0 Å². The summed E-state index contributed by atoms with van der Waals surface area (Å²) in [6, 6.07) is 14.7. The van der Waals surface area contributed by atoms with E-state index in [4.69, 9.17) is 9.47 Å². The third-order valence-corrected chi connectivity index (χ3v) is 5.32. The highest BCUT2D eigenvalue weighted by molar-refractivity contribution is 5.92. The molecule has 0 atom stereocenters. The van der Waals surface area contributed by atoms with E-state index in [-0.39, 0.29) is 17.0 Å². The maximum Gasteiger partial charge on any atom is 0.278 e. The van der Waals surface area contributed by atoms with Crippen LogP contribution in [0.5, 0.6) is 11.5 Å². The second-order valence-electron chi connectivity index (χ2n) is 7.20. The normalized spacial score (nSPS) is 13.0. The van der Waals surface area contributed by atoms with E-state index >= 15 is 0 Å². The smallest absolute Gasteiger partial charge is 0.278 e. The molecule has 0 saturated heterocycles. The summed E-state index contributed by atoms with van der Waals surface area (Å²) in [5.74, 6) is 0.914. The lowest BCUT2D eigenvalue weighted by atomic mass is 9.98. The molecular weight excluding hydrogens is 382 g/mol. The van der Waals surface area contributed by atoms with E-state index in [1.165, 1.54) is 6.07 Å². The Labute approximate surface area is 174 Å². The topological polar surface area (TPSA) is 73.7 Å². The quantitative estimate of drug-likeness (QED) is 0.667. The Morgan fingerprint density at radius 2 is 1.67 bits per heavy atom. The minimum atomic E-state index is -0.372. The average molecular weight is 405 g/mol. The monoisotopic (exact) mass is 405 g/mol. The lowest BCUT2D eigenvalue weighted by Crippen LogP contribution is -2.39. The minimum absolute atomic E-state index is 0.0756. The molecule has 2 heterocycles. The van der Waals surface area contributed by atoms with Gasteiger partial charge in [-0.15, -0.1) is 0 Å². The molecular formula is C23H23N3O4. The van der Waals surface area contributed by atoms with Gasteiger partial charge in [-0.05, 0) is 48.7 Å². The van der Waals surface area contributed by atoms with Crippen molar-refractivity contribution in [1.82, 2.24) is 14.7 Å². The first-order chi connectivity index (χ1) is 14.5. The van der Waals surface area contributed by atoms with Crippen molar-refractivity contribution >= 4 is 5.91 Å². The van der Waals surface area contributed by atoms with Gasteiger partial charge in [0, 0.05) is 24.8 Å². The third kappa shape index (κ3) is 3.54. The molecule has 154 valence electrons. The van der Waals surface area contributed by atoms with Gasteiger partial charge in [0.2, 0.25) is 5.43 Å². The van der Waals surface area contributed by atoms with Gasteiger partial charge in [0.05, 0.1) is 19.9 Å². The number of aryl methyl sites for hydroxylation is 1. The average Bonchev–Trinajstić information content (AvgIpc) is 2.78. The first-order valence-corrected chi connectivity index (χ1v) is 9.71. The zero-order chi connectivity index (χ0) is 21.3. The number of rotatable bonds is 4. The number of hydrogen-bond donors (Lipinski definition) is 0. The number of nitrogens with zero attached hydrogens (tertiary/aromatic N) is 3. The fourth-order valence-electron chi connectivity index (χ4n) is 3.73. The van der Waals surface area contributed by atoms with Crippen LogP contribution in [0.15, 0.2) is 53.3 Å². The van der Waals surface area contributed by atoms with Crippen molar-refractivity contribution in [1.29, 1.82) is 0 Å². The second-order valence-corrected chi connectivity index (χ2v) is 7.20. The van der Waals surface area contributed by atoms with Crippen molar-refractivity contribution in [2.24, 2.45) is 0 Å². The highest BCUT2D eigenvalue weighted by Crippen LogP contribution is 2.33. The summed E-state index contributed by atoms with van der Waals surface area (Å²) >= 11 is 0. The molecule has 1 amide bonds. The molecule has 0 radical (unpaired) electrons. The van der Waals surface area contributed by atoms with Gasteiger partial charge in [-0.25, -0.2) is 4.68 Å². The lowest BCUT2D eigenvalue weighted by molar-refractivity contribution is 0.0725. The summed E-state index contributed by atoms with van der Waals surface area (Å²) < 4.78 is 12.4. The molecule has 0 spiro atoms. The van der Waals surface area contributed by atoms with E-state index in [1.54, 1.807) is 30.7 Å². The number of aromatic nitrogens is 2. The fraction of sp³-hybridized carbons (Fsp3) is 0.261. The van der Waals surface area contributed by atoms with Crippen molar-refractivity contribution in [3.8, 4) is 17.2 Å². The maximum atomic E-state index is 13.2. The number of ether oxygens (including phenoxy) is 2. The highest BCUT2D eigenvalue weighted by Gasteiger charge is 2.26. The number of para-hydroxylation sites is 1. The summed E-state index contributed by atoms with van der Waals surface area (Å²) in [4.78, 5) is 27.4. The second kappa shape index (κ2) is 8.02. The number of carbonyl (C=O) groups excluding carboxylic acids is 1. The Morgan fingerprint density at radius 3 is 2.33 bits per heavy atom. The maximum absolute atomic E-state index is 13.2. The number of methoxy groups -OCH3 is 2. The largest absolute Gasteiger partial charge is 0.493 e. The van der Waals surface area contributed by atoms with E-state index in [1.807, 2.05) is 42.5 Å². The van der Waals surface area contributed by atoms with Gasteiger partial charge < -0.3 is 14.4 Å². The molecule has 3 aromatic rings. The fourth-order valence-corrected chi connectivity index (χ4v) is 3.73. The number of carbonyl (C=O) groups is 1. The molecule has 30 heavy (non-hydrogen) atoms. The van der Waals surface area contributed by atoms with E-state index in [0.717, 1.165) is 16.8 Å². The Kier molecular flexibility index (Phi) is 5.27. The first-order valence-electron chi connectivity index (χ1n) is 9.71. The molecule has 0 N–H and O–H groups in total. The van der Waals surface area contributed by atoms with Crippen LogP contribution >= 0.6 is 0 Å². The number of amides is 1. The van der Waals surface area contributed by atoms with Crippen LogP contribution in [0.4, 0.5) is 0 Å². The lowest BCUT2D eigenvalue weighted by Gasteiger charge is -2.29. The standard InChI is InChI=1S/C23H23N3O4/c1-15-11-19(27)22(24-26(15)18-7-5-4-6-8-18)23(28)25-10-9-16-12-20(29-2)21(30-3)13-17(16)14-25/h4-8,11-13H,9-10,14H2,1-3H3. The molecule has 7 nitrogen and oxygen atoms in total. The summed E-state index contributed by atoms with van der Waals surface area (Å²) in [7, 11) is 3.18. The summed E-state index contributed by atoms with van der Waals surface area (Å²) in [5, 5.41) is 4.40. The Balaban J connectivity index is 1.67. The van der Waals surface area contributed by atoms with E-state index in [9.17, 15) is 9.59 Å². The van der Waals surface area contributed by atoms with E-state index < -0.39 is 0 Å². The molecule has 0 aliphatic carbocycles. The van der Waals surface area contributed by atoms with Gasteiger partial charge in [-0.2, -0.15) is 5.10 Å². The SMILES string of the molecule is COc1cc2c(cc1OC)CN(C(=O)c1nn(-c3ccccc3)c(C)cc1=O)CC2. The van der Waals surface area contributed by atoms with E-state index in [2.05, 4.69) is 5.10 Å². The molecule has 0 fully saturated rings. The van der Waals surface area contributed by atoms with Gasteiger partial charge in [-0.3, -0.25) is 9.59 Å². The van der Waals surface area contributed by atoms with Crippen LogP contribution in [0, 0.1) is 6.92 Å². The molecule has 7 heteroatoms. The Morgan fingerprint density at radius 1 is 1.00 bits per heavy atom. The molecule has 1 aliphatic heterocycles. The van der Waals surface area contributed by atoms with E-state index in [0.29, 0.717) is 36.7 Å². The van der Waals surface area contributed by atoms with Crippen molar-refractivity contribution < 1.29 is 14.3 Å². The molecule has 0 saturated carbocycles. The first kappa shape index (κ1) is 19.7. The molecule has 0 bridgehead atoms. The van der Waals surface area contributed by atoms with Crippen LogP contribution < -0.4 is 14.9 Å². The van der Waals surface area contributed by atoms with Crippen LogP contribution in [0.2, 0.25) is 0 Å². The molecule has 0 unspecified atom stereocenters. The minimum Gasteiger partial charge on any atom is -0.493 e. The summed E-state index contributed by atoms with van der Waals surface area (Å²) in [6.45, 7) is 2.68. The number of benzene rings is 2. The zero-order valence-corrected chi connectivity index (χ0v) is 17.2. The molecule has 2 aromatic carbocycles. The van der Waals surface area contributed by atoms with Gasteiger partial charge in [0.25, 0.3) is 5.91 Å². The van der Waals surface area contributed by atoms with Gasteiger partial charge in [0.15, 0.2) is 17.2 Å². The van der Waals surface area contributed by atoms with Crippen molar-refractivity contribution in [2.75, 3.05) is 20.8 Å². The predicted octanol–water partition coefficient (Wildman–Crippen LogP) is 2.76. The molecule has 1 aliphatic rings. The number of fused-ring (bicyclic) bond motifs is 1. The molecule has 1 aromatic heterocycles. The third-order valence-electron chi connectivity index (χ3n) is 5.32.